The Bertz CT molecular complexity index is 1730. The number of amides is 1. The number of nitrogens with one attached hydrogen (secondary N) is 2. The van der Waals surface area contributed by atoms with Crippen LogP contribution in [0.5, 0.6) is 0 Å². The van der Waals surface area contributed by atoms with Crippen molar-refractivity contribution in [1.82, 2.24) is 5.32 Å². The predicted molar refractivity (Wildman–Crippen MR) is 268 cm³/mol. The SMILES string of the molecule is CCCCNc1ccc(C(=O)OCCOCCOCCOCCOCCOCCOCCOCCOCCOCCOCCOCCOCCCNC(=O)OCC2c3ccccc3-c3ccccc32)cc1. The van der Waals surface area contributed by atoms with Crippen LogP contribution in [-0.2, 0) is 66.3 Å². The number of rotatable bonds is 47. The summed E-state index contributed by atoms with van der Waals surface area (Å²) in [5.41, 5.74) is 6.30. The second-order valence-electron chi connectivity index (χ2n) is 15.9. The van der Waals surface area contributed by atoms with Crippen LogP contribution < -0.4 is 10.6 Å². The van der Waals surface area contributed by atoms with Gasteiger partial charge in [-0.2, -0.15) is 0 Å². The lowest BCUT2D eigenvalue weighted by Gasteiger charge is -2.14. The van der Waals surface area contributed by atoms with E-state index in [0.29, 0.717) is 184 Å². The Morgan fingerprint density at radius 3 is 1.17 bits per heavy atom. The molecule has 1 aliphatic carbocycles. The summed E-state index contributed by atoms with van der Waals surface area (Å²) >= 11 is 0. The van der Waals surface area contributed by atoms with Crippen molar-refractivity contribution >= 4 is 17.7 Å². The standard InChI is InChI=1S/C53H80N2O16/c1-2-3-17-54-46-15-13-45(14-16-46)52(56)70-43-42-69-41-40-68-39-38-67-37-36-66-35-34-65-33-32-64-31-30-63-29-28-62-27-26-61-25-24-60-23-22-59-21-20-58-19-8-18-55-53(57)71-44-51-49-11-6-4-9-47(49)48-10-5-7-12-50(48)51/h4-7,9-16,51,54H,2-3,8,17-44H2,1H3,(H,55,57). The molecule has 0 aliphatic heterocycles. The number of ether oxygens (including phenoxy) is 14. The van der Waals surface area contributed by atoms with Crippen molar-refractivity contribution in [2.24, 2.45) is 0 Å². The van der Waals surface area contributed by atoms with E-state index in [-0.39, 0.29) is 18.5 Å². The molecule has 0 saturated heterocycles. The lowest BCUT2D eigenvalue weighted by Crippen LogP contribution is -2.27. The van der Waals surface area contributed by atoms with Gasteiger partial charge < -0.3 is 76.9 Å². The highest BCUT2D eigenvalue weighted by molar-refractivity contribution is 5.89. The fraction of sp³-hybridized carbons (Fsp3) is 0.623. The van der Waals surface area contributed by atoms with Crippen LogP contribution in [0.2, 0.25) is 0 Å². The van der Waals surface area contributed by atoms with E-state index in [2.05, 4.69) is 41.8 Å². The predicted octanol–water partition coefficient (Wildman–Crippen LogP) is 6.18. The monoisotopic (exact) mass is 1000 g/mol. The first-order valence-corrected chi connectivity index (χ1v) is 25.2. The third kappa shape index (κ3) is 27.9. The van der Waals surface area contributed by atoms with Crippen LogP contribution in [0.3, 0.4) is 0 Å². The molecular formula is C53H80N2O16. The number of hydrogen-bond donors (Lipinski definition) is 2. The van der Waals surface area contributed by atoms with E-state index in [1.165, 1.54) is 22.3 Å². The number of unbranched alkanes of at least 4 members (excludes halogenated alkanes) is 1. The number of benzene rings is 3. The van der Waals surface area contributed by atoms with Crippen molar-refractivity contribution in [2.75, 3.05) is 190 Å². The maximum absolute atomic E-state index is 12.3. The molecule has 0 bridgehead atoms. The summed E-state index contributed by atoms with van der Waals surface area (Å²) in [4.78, 5) is 24.5. The average molecular weight is 1000 g/mol. The zero-order valence-electron chi connectivity index (χ0n) is 42.0. The van der Waals surface area contributed by atoms with Crippen molar-refractivity contribution in [1.29, 1.82) is 0 Å². The summed E-state index contributed by atoms with van der Waals surface area (Å²) in [5, 5.41) is 6.13. The zero-order chi connectivity index (χ0) is 49.9. The van der Waals surface area contributed by atoms with Gasteiger partial charge in [0.25, 0.3) is 0 Å². The van der Waals surface area contributed by atoms with Gasteiger partial charge in [-0.15, -0.1) is 0 Å². The zero-order valence-corrected chi connectivity index (χ0v) is 42.0. The normalized spacial score (nSPS) is 12.0. The molecule has 3 aromatic rings. The van der Waals surface area contributed by atoms with Gasteiger partial charge in [-0.25, -0.2) is 9.59 Å². The summed E-state index contributed by atoms with van der Waals surface area (Å²) in [7, 11) is 0. The topological polar surface area (TPSA) is 187 Å². The Labute approximate surface area is 420 Å². The van der Waals surface area contributed by atoms with E-state index in [0.717, 1.165) is 25.1 Å². The molecule has 398 valence electrons. The molecule has 18 heteroatoms. The van der Waals surface area contributed by atoms with E-state index in [1.807, 2.05) is 36.4 Å². The molecular weight excluding hydrogens is 921 g/mol. The number of anilines is 1. The molecule has 1 aliphatic rings. The Morgan fingerprint density at radius 1 is 0.408 bits per heavy atom. The number of alkyl carbamates (subject to hydrolysis) is 1. The minimum atomic E-state index is -0.420. The summed E-state index contributed by atoms with van der Waals surface area (Å²) in [6.07, 6.45) is 2.49. The van der Waals surface area contributed by atoms with Gasteiger partial charge in [0.15, 0.2) is 0 Å². The van der Waals surface area contributed by atoms with Crippen molar-refractivity contribution in [2.45, 2.75) is 32.1 Å². The van der Waals surface area contributed by atoms with Crippen LogP contribution in [-0.4, -0.2) is 197 Å². The molecule has 0 fully saturated rings. The highest BCUT2D eigenvalue weighted by atomic mass is 16.6. The fourth-order valence-corrected chi connectivity index (χ4v) is 6.95. The Hall–Kier alpha value is -4.28. The molecule has 0 spiro atoms. The molecule has 18 nitrogen and oxygen atoms in total. The van der Waals surface area contributed by atoms with E-state index in [1.54, 1.807) is 12.1 Å². The highest BCUT2D eigenvalue weighted by Crippen LogP contribution is 2.44. The Morgan fingerprint density at radius 2 is 0.775 bits per heavy atom. The molecule has 0 saturated carbocycles. The maximum atomic E-state index is 12.3. The number of hydrogen-bond acceptors (Lipinski definition) is 17. The molecule has 1 amide bonds. The van der Waals surface area contributed by atoms with Crippen LogP contribution in [0.1, 0.15) is 53.6 Å². The Kier molecular flexibility index (Phi) is 34.4. The number of carbonyl (C=O) groups excluding carboxylic acids is 2. The lowest BCUT2D eigenvalue weighted by atomic mass is 9.98. The first kappa shape index (κ1) is 59.3. The molecule has 3 aromatic carbocycles. The number of esters is 1. The number of fused-ring (bicyclic) bond motifs is 3. The van der Waals surface area contributed by atoms with Gasteiger partial charge in [0.2, 0.25) is 0 Å². The van der Waals surface area contributed by atoms with Gasteiger partial charge in [-0.3, -0.25) is 0 Å². The molecule has 0 radical (unpaired) electrons. The summed E-state index contributed by atoms with van der Waals surface area (Å²) in [6, 6.07) is 23.8. The van der Waals surface area contributed by atoms with Crippen LogP contribution in [0.15, 0.2) is 72.8 Å². The van der Waals surface area contributed by atoms with Crippen molar-refractivity contribution in [3.63, 3.8) is 0 Å². The first-order chi connectivity index (χ1) is 35.2. The molecule has 0 aromatic heterocycles. The van der Waals surface area contributed by atoms with Gasteiger partial charge in [0.1, 0.15) is 13.2 Å². The molecule has 4 rings (SSSR count). The third-order valence-corrected chi connectivity index (χ3v) is 10.6. The summed E-state index contributed by atoms with van der Waals surface area (Å²) in [6.45, 7) is 15.2. The van der Waals surface area contributed by atoms with Gasteiger partial charge in [-0.1, -0.05) is 61.9 Å². The summed E-state index contributed by atoms with van der Waals surface area (Å²) in [5.74, 6) is -0.323. The minimum Gasteiger partial charge on any atom is -0.460 e. The van der Waals surface area contributed by atoms with Crippen molar-refractivity contribution in [3.05, 3.63) is 89.5 Å². The van der Waals surface area contributed by atoms with Crippen LogP contribution in [0.25, 0.3) is 11.1 Å². The molecule has 2 N–H and O–H groups in total. The van der Waals surface area contributed by atoms with E-state index in [4.69, 9.17) is 66.3 Å². The van der Waals surface area contributed by atoms with Crippen molar-refractivity contribution < 1.29 is 75.9 Å². The molecule has 0 unspecified atom stereocenters. The molecule has 0 heterocycles. The second-order valence-corrected chi connectivity index (χ2v) is 15.9. The van der Waals surface area contributed by atoms with Gasteiger partial charge >= 0.3 is 12.1 Å². The van der Waals surface area contributed by atoms with E-state index >= 15 is 0 Å². The minimum absolute atomic E-state index is 0.0429. The highest BCUT2D eigenvalue weighted by Gasteiger charge is 2.29. The van der Waals surface area contributed by atoms with Gasteiger partial charge in [0, 0.05) is 31.3 Å². The van der Waals surface area contributed by atoms with E-state index < -0.39 is 6.09 Å². The number of carbonyl (C=O) groups is 2. The second kappa shape index (κ2) is 41.2. The third-order valence-electron chi connectivity index (χ3n) is 10.6. The molecule has 71 heavy (non-hydrogen) atoms. The van der Waals surface area contributed by atoms with Gasteiger partial charge in [0.05, 0.1) is 158 Å². The molecule has 0 atom stereocenters. The smallest absolute Gasteiger partial charge is 0.407 e. The maximum Gasteiger partial charge on any atom is 0.407 e. The average Bonchev–Trinajstić information content (AvgIpc) is 3.71. The Balaban J connectivity index is 0.750. The van der Waals surface area contributed by atoms with Crippen LogP contribution in [0.4, 0.5) is 10.5 Å². The quantitative estimate of drug-likeness (QED) is 0.0482. The van der Waals surface area contributed by atoms with Gasteiger partial charge in [-0.05, 0) is 59.4 Å². The first-order valence-electron chi connectivity index (χ1n) is 25.2. The lowest BCUT2D eigenvalue weighted by molar-refractivity contribution is -0.0288. The van der Waals surface area contributed by atoms with Crippen LogP contribution >= 0.6 is 0 Å². The fourth-order valence-electron chi connectivity index (χ4n) is 6.95. The van der Waals surface area contributed by atoms with E-state index in [9.17, 15) is 9.59 Å². The van der Waals surface area contributed by atoms with Crippen LogP contribution in [0, 0.1) is 0 Å². The van der Waals surface area contributed by atoms with Crippen molar-refractivity contribution in [3.8, 4) is 11.1 Å². The largest absolute Gasteiger partial charge is 0.460 e. The summed E-state index contributed by atoms with van der Waals surface area (Å²) < 4.78 is 77.1.